The Morgan fingerprint density at radius 2 is 2.44 bits per heavy atom. The molecule has 1 aromatic carbocycles. The SMILES string of the molecule is CN(Cc1ccc2ncoc2c1)C(=O)C#N. The lowest BCUT2D eigenvalue weighted by Gasteiger charge is -2.12. The highest BCUT2D eigenvalue weighted by Gasteiger charge is 2.08. The van der Waals surface area contributed by atoms with Gasteiger partial charge in [0.1, 0.15) is 5.52 Å². The zero-order valence-electron chi connectivity index (χ0n) is 8.67. The maximum Gasteiger partial charge on any atom is 0.325 e. The number of rotatable bonds is 2. The van der Waals surface area contributed by atoms with Gasteiger partial charge in [0.05, 0.1) is 0 Å². The summed E-state index contributed by atoms with van der Waals surface area (Å²) in [6.45, 7) is 0.378. The minimum absolute atomic E-state index is 0.378. The number of aromatic nitrogens is 1. The van der Waals surface area contributed by atoms with Crippen LogP contribution in [-0.2, 0) is 11.3 Å². The normalized spacial score (nSPS) is 10.0. The number of carbonyl (C=O) groups is 1. The van der Waals surface area contributed by atoms with E-state index in [0.29, 0.717) is 12.1 Å². The Kier molecular flexibility index (Phi) is 2.56. The molecule has 0 unspecified atom stereocenters. The van der Waals surface area contributed by atoms with Crippen LogP contribution in [0.25, 0.3) is 11.1 Å². The fraction of sp³-hybridized carbons (Fsp3) is 0.182. The maximum atomic E-state index is 11.1. The van der Waals surface area contributed by atoms with Crippen molar-refractivity contribution in [2.75, 3.05) is 7.05 Å². The van der Waals surface area contributed by atoms with Crippen LogP contribution in [0.15, 0.2) is 29.0 Å². The molecular weight excluding hydrogens is 206 g/mol. The van der Waals surface area contributed by atoms with Crippen molar-refractivity contribution >= 4 is 17.0 Å². The fourth-order valence-corrected chi connectivity index (χ4v) is 1.43. The molecule has 2 aromatic rings. The van der Waals surface area contributed by atoms with Gasteiger partial charge >= 0.3 is 5.91 Å². The number of fused-ring (bicyclic) bond motifs is 1. The van der Waals surface area contributed by atoms with Gasteiger partial charge in [0.25, 0.3) is 0 Å². The Labute approximate surface area is 91.9 Å². The predicted molar refractivity (Wildman–Crippen MR) is 56.1 cm³/mol. The van der Waals surface area contributed by atoms with Gasteiger partial charge in [-0.25, -0.2) is 4.98 Å². The number of carbonyl (C=O) groups excluding carboxylic acids is 1. The van der Waals surface area contributed by atoms with Crippen molar-refractivity contribution in [3.05, 3.63) is 30.2 Å². The van der Waals surface area contributed by atoms with E-state index < -0.39 is 5.91 Å². The quantitative estimate of drug-likeness (QED) is 0.708. The first-order chi connectivity index (χ1) is 7.70. The van der Waals surface area contributed by atoms with Gasteiger partial charge in [0, 0.05) is 13.6 Å². The van der Waals surface area contributed by atoms with Crippen molar-refractivity contribution in [1.82, 2.24) is 9.88 Å². The summed E-state index contributed by atoms with van der Waals surface area (Å²) in [6.07, 6.45) is 1.37. The van der Waals surface area contributed by atoms with Crippen LogP contribution in [0.1, 0.15) is 5.56 Å². The molecule has 5 heteroatoms. The second-order valence-corrected chi connectivity index (χ2v) is 3.43. The smallest absolute Gasteiger partial charge is 0.325 e. The Bertz CT molecular complexity index is 568. The molecule has 0 N–H and O–H groups in total. The minimum atomic E-state index is -0.558. The zero-order chi connectivity index (χ0) is 11.5. The van der Waals surface area contributed by atoms with Crippen LogP contribution < -0.4 is 0 Å². The third-order valence-corrected chi connectivity index (χ3v) is 2.26. The number of hydrogen-bond donors (Lipinski definition) is 0. The van der Waals surface area contributed by atoms with Gasteiger partial charge in [0.15, 0.2) is 18.0 Å². The van der Waals surface area contributed by atoms with E-state index in [2.05, 4.69) is 4.98 Å². The van der Waals surface area contributed by atoms with Gasteiger partial charge < -0.3 is 9.32 Å². The molecule has 0 fully saturated rings. The van der Waals surface area contributed by atoms with Crippen LogP contribution in [0.4, 0.5) is 0 Å². The molecule has 0 aliphatic carbocycles. The van der Waals surface area contributed by atoms with Crippen LogP contribution in [0.3, 0.4) is 0 Å². The number of nitrogens with zero attached hydrogens (tertiary/aromatic N) is 3. The third kappa shape index (κ3) is 1.86. The highest BCUT2D eigenvalue weighted by molar-refractivity contribution is 5.91. The molecule has 16 heavy (non-hydrogen) atoms. The first kappa shape index (κ1) is 10.2. The summed E-state index contributed by atoms with van der Waals surface area (Å²) >= 11 is 0. The standard InChI is InChI=1S/C11H9N3O2/c1-14(11(15)5-12)6-8-2-3-9-10(4-8)16-7-13-9/h2-4,7H,6H2,1H3. The van der Waals surface area contributed by atoms with Gasteiger partial charge in [0.2, 0.25) is 0 Å². The summed E-state index contributed by atoms with van der Waals surface area (Å²) in [4.78, 5) is 16.4. The summed E-state index contributed by atoms with van der Waals surface area (Å²) in [7, 11) is 1.58. The van der Waals surface area contributed by atoms with Crippen LogP contribution in [-0.4, -0.2) is 22.8 Å². The van der Waals surface area contributed by atoms with Crippen LogP contribution in [0.2, 0.25) is 0 Å². The van der Waals surface area contributed by atoms with Crippen molar-refractivity contribution in [1.29, 1.82) is 5.26 Å². The molecule has 5 nitrogen and oxygen atoms in total. The molecule has 0 spiro atoms. The Morgan fingerprint density at radius 1 is 1.62 bits per heavy atom. The summed E-state index contributed by atoms with van der Waals surface area (Å²) in [5.74, 6) is -0.558. The van der Waals surface area contributed by atoms with Crippen LogP contribution in [0, 0.1) is 11.3 Å². The largest absolute Gasteiger partial charge is 0.443 e. The van der Waals surface area contributed by atoms with Gasteiger partial charge in [-0.15, -0.1) is 0 Å². The molecule has 1 amide bonds. The molecule has 0 bridgehead atoms. The maximum absolute atomic E-state index is 11.1. The van der Waals surface area contributed by atoms with Crippen molar-refractivity contribution in [2.45, 2.75) is 6.54 Å². The molecule has 0 saturated heterocycles. The van der Waals surface area contributed by atoms with Gasteiger partial charge in [-0.2, -0.15) is 5.26 Å². The Balaban J connectivity index is 2.21. The van der Waals surface area contributed by atoms with E-state index in [1.807, 2.05) is 18.2 Å². The molecule has 0 radical (unpaired) electrons. The second kappa shape index (κ2) is 4.03. The number of hydrogen-bond acceptors (Lipinski definition) is 4. The molecular formula is C11H9N3O2. The average molecular weight is 215 g/mol. The predicted octanol–water partition coefficient (Wildman–Crippen LogP) is 1.31. The number of amides is 1. The van der Waals surface area contributed by atoms with E-state index in [9.17, 15) is 4.79 Å². The lowest BCUT2D eigenvalue weighted by atomic mass is 10.2. The highest BCUT2D eigenvalue weighted by Crippen LogP contribution is 2.15. The van der Waals surface area contributed by atoms with Crippen molar-refractivity contribution in [3.63, 3.8) is 0 Å². The average Bonchev–Trinajstić information content (AvgIpc) is 2.75. The van der Waals surface area contributed by atoms with Crippen molar-refractivity contribution < 1.29 is 9.21 Å². The molecule has 0 atom stereocenters. The summed E-state index contributed by atoms with van der Waals surface area (Å²) in [5.41, 5.74) is 2.35. The van der Waals surface area contributed by atoms with E-state index in [0.717, 1.165) is 11.1 Å². The fourth-order valence-electron chi connectivity index (χ4n) is 1.43. The lowest BCUT2D eigenvalue weighted by molar-refractivity contribution is -0.124. The molecule has 1 heterocycles. The first-order valence-corrected chi connectivity index (χ1v) is 4.68. The molecule has 80 valence electrons. The number of benzene rings is 1. The summed E-state index contributed by atoms with van der Waals surface area (Å²) in [6, 6.07) is 7.05. The summed E-state index contributed by atoms with van der Waals surface area (Å²) in [5, 5.41) is 8.45. The summed E-state index contributed by atoms with van der Waals surface area (Å²) < 4.78 is 5.15. The topological polar surface area (TPSA) is 70.1 Å². The zero-order valence-corrected chi connectivity index (χ0v) is 8.67. The second-order valence-electron chi connectivity index (χ2n) is 3.43. The number of nitriles is 1. The number of oxazole rings is 1. The molecule has 0 aliphatic rings. The highest BCUT2D eigenvalue weighted by atomic mass is 16.3. The van der Waals surface area contributed by atoms with E-state index in [1.54, 1.807) is 13.1 Å². The lowest BCUT2D eigenvalue weighted by Crippen LogP contribution is -2.24. The van der Waals surface area contributed by atoms with E-state index in [-0.39, 0.29) is 0 Å². The molecule has 1 aromatic heterocycles. The van der Waals surface area contributed by atoms with E-state index in [4.69, 9.17) is 9.68 Å². The van der Waals surface area contributed by atoms with Crippen molar-refractivity contribution in [3.8, 4) is 6.07 Å². The van der Waals surface area contributed by atoms with Gasteiger partial charge in [-0.05, 0) is 17.7 Å². The van der Waals surface area contributed by atoms with Crippen LogP contribution >= 0.6 is 0 Å². The monoisotopic (exact) mass is 215 g/mol. The van der Waals surface area contributed by atoms with E-state index >= 15 is 0 Å². The molecule has 0 aliphatic heterocycles. The van der Waals surface area contributed by atoms with Gasteiger partial charge in [-0.1, -0.05) is 6.07 Å². The van der Waals surface area contributed by atoms with Gasteiger partial charge in [-0.3, -0.25) is 4.79 Å². The van der Waals surface area contributed by atoms with E-state index in [1.165, 1.54) is 11.3 Å². The Morgan fingerprint density at radius 3 is 3.19 bits per heavy atom. The molecule has 0 saturated carbocycles. The minimum Gasteiger partial charge on any atom is -0.443 e. The third-order valence-electron chi connectivity index (χ3n) is 2.26. The Hall–Kier alpha value is -2.35. The first-order valence-electron chi connectivity index (χ1n) is 4.68. The van der Waals surface area contributed by atoms with Crippen molar-refractivity contribution in [2.24, 2.45) is 0 Å². The van der Waals surface area contributed by atoms with Crippen LogP contribution in [0.5, 0.6) is 0 Å². The molecule has 2 rings (SSSR count).